The fourth-order valence-electron chi connectivity index (χ4n) is 5.70. The lowest BCUT2D eigenvalue weighted by Gasteiger charge is -2.36. The van der Waals surface area contributed by atoms with Gasteiger partial charge in [0.15, 0.2) is 5.69 Å². The van der Waals surface area contributed by atoms with Crippen LogP contribution in [0.5, 0.6) is 0 Å². The molecule has 2 aliphatic rings. The van der Waals surface area contributed by atoms with Crippen LogP contribution in [0.4, 0.5) is 28.4 Å². The molecule has 0 saturated carbocycles. The van der Waals surface area contributed by atoms with Crippen LogP contribution in [0, 0.1) is 20.8 Å². The van der Waals surface area contributed by atoms with E-state index in [1.165, 1.54) is 22.1 Å². The van der Waals surface area contributed by atoms with Crippen LogP contribution in [0.15, 0.2) is 118 Å². The Morgan fingerprint density at radius 1 is 0.692 bits per heavy atom. The summed E-state index contributed by atoms with van der Waals surface area (Å²) < 4.78 is 4.33. The minimum absolute atomic E-state index is 0.846. The molecule has 7 rings (SSSR count). The second-order valence-electron chi connectivity index (χ2n) is 10.3. The predicted molar refractivity (Wildman–Crippen MR) is 158 cm³/mol. The van der Waals surface area contributed by atoms with E-state index in [1.54, 1.807) is 11.8 Å². The molecule has 0 saturated heterocycles. The number of benzene rings is 5. The van der Waals surface area contributed by atoms with Gasteiger partial charge in [-0.3, -0.25) is 0 Å². The van der Waals surface area contributed by atoms with E-state index in [1.807, 2.05) is 6.07 Å². The van der Waals surface area contributed by atoms with Crippen molar-refractivity contribution in [3.8, 4) is 0 Å². The molecule has 1 atom stereocenters. The lowest BCUT2D eigenvalue weighted by atomic mass is 10.1. The largest absolute Gasteiger partial charge is 0.552 e. The first-order valence-electron chi connectivity index (χ1n) is 13.2. The lowest BCUT2D eigenvalue weighted by molar-refractivity contribution is -0.782. The smallest absolute Gasteiger partial charge is 0.239 e. The summed E-state index contributed by atoms with van der Waals surface area (Å²) in [6.07, 6.45) is 0. The molecule has 6 heteroatoms. The van der Waals surface area contributed by atoms with Gasteiger partial charge in [0.25, 0.3) is 5.69 Å². The number of anilines is 1. The van der Waals surface area contributed by atoms with Crippen LogP contribution < -0.4 is 4.90 Å². The van der Waals surface area contributed by atoms with Crippen molar-refractivity contribution in [1.29, 1.82) is 0 Å². The fraction of sp³-hybridized carbons (Fsp3) is 0.152. The summed E-state index contributed by atoms with van der Waals surface area (Å²) in [5.41, 5.74) is 8.61. The number of para-hydroxylation sites is 1. The Labute approximate surface area is 232 Å². The van der Waals surface area contributed by atoms with E-state index in [4.69, 9.17) is 10.2 Å². The lowest BCUT2D eigenvalue weighted by Crippen LogP contribution is -2.59. The third-order valence-electron chi connectivity index (χ3n) is 7.53. The summed E-state index contributed by atoms with van der Waals surface area (Å²) in [6, 6.07) is 36.3. The molecule has 0 aliphatic carbocycles. The van der Waals surface area contributed by atoms with Gasteiger partial charge in [0.2, 0.25) is 5.69 Å². The minimum atomic E-state index is -0.846. The van der Waals surface area contributed by atoms with Gasteiger partial charge in [0.05, 0.1) is 27.7 Å². The maximum Gasteiger partial charge on any atom is 0.552 e. The number of hydrogen-bond donors (Lipinski definition) is 0. The third-order valence-corrected chi connectivity index (χ3v) is 9.16. The van der Waals surface area contributed by atoms with E-state index < -0.39 is 5.12 Å². The number of thioether (sulfide) groups is 1. The second kappa shape index (κ2) is 8.89. The van der Waals surface area contributed by atoms with Crippen LogP contribution >= 0.6 is 11.8 Å². The molecule has 0 unspecified atom stereocenters. The molecule has 190 valence electrons. The first-order chi connectivity index (χ1) is 19.0. The van der Waals surface area contributed by atoms with Gasteiger partial charge in [-0.1, -0.05) is 60.7 Å². The molecule has 2 heterocycles. The molecule has 5 aromatic carbocycles. The van der Waals surface area contributed by atoms with Crippen LogP contribution in [-0.2, 0) is 0 Å². The van der Waals surface area contributed by atoms with E-state index in [2.05, 4.69) is 139 Å². The van der Waals surface area contributed by atoms with Gasteiger partial charge in [-0.15, -0.1) is 0 Å². The van der Waals surface area contributed by atoms with Gasteiger partial charge >= 0.3 is 5.12 Å². The Kier molecular flexibility index (Phi) is 5.42. The fourth-order valence-corrected chi connectivity index (χ4v) is 7.10. The highest BCUT2D eigenvalue weighted by atomic mass is 32.2. The normalized spacial score (nSPS) is 18.0. The third kappa shape index (κ3) is 3.62. The van der Waals surface area contributed by atoms with Crippen molar-refractivity contribution < 1.29 is 9.39 Å². The molecular formula is C33H29N5S+2. The highest BCUT2D eigenvalue weighted by molar-refractivity contribution is 8.00. The first-order valence-corrected chi connectivity index (χ1v) is 14.0. The Morgan fingerprint density at radius 3 is 2.26 bits per heavy atom. The Hall–Kier alpha value is -4.29. The maximum atomic E-state index is 5.45. The van der Waals surface area contributed by atoms with E-state index in [-0.39, 0.29) is 0 Å². The SMILES string of the molecule is Cc1ccc2c(c1)N=[N+](c1ccccc1)[C@@]1(Sc3c(C)cc(C)cc3N=[N+]1c1cccc3ccccc13)N2C. The Morgan fingerprint density at radius 2 is 1.41 bits per heavy atom. The van der Waals surface area contributed by atoms with Crippen LogP contribution in [0.1, 0.15) is 16.7 Å². The average Bonchev–Trinajstić information content (AvgIpc) is 2.95. The van der Waals surface area contributed by atoms with Gasteiger partial charge < -0.3 is 0 Å². The zero-order valence-electron chi connectivity index (χ0n) is 22.5. The monoisotopic (exact) mass is 527 g/mol. The van der Waals surface area contributed by atoms with Crippen molar-refractivity contribution in [2.24, 2.45) is 10.2 Å². The van der Waals surface area contributed by atoms with Crippen molar-refractivity contribution in [3.63, 3.8) is 0 Å². The van der Waals surface area contributed by atoms with Gasteiger partial charge in [0, 0.05) is 44.9 Å². The molecule has 5 nitrogen and oxygen atoms in total. The number of aryl methyl sites for hydroxylation is 3. The quantitative estimate of drug-likeness (QED) is 0.214. The first kappa shape index (κ1) is 23.8. The van der Waals surface area contributed by atoms with Crippen molar-refractivity contribution >= 4 is 51.0 Å². The average molecular weight is 528 g/mol. The van der Waals surface area contributed by atoms with Gasteiger partial charge in [-0.05, 0) is 67.1 Å². The Balaban J connectivity index is 1.62. The molecular weight excluding hydrogens is 498 g/mol. The number of nitrogens with zero attached hydrogens (tertiary/aromatic N) is 5. The predicted octanol–water partition coefficient (Wildman–Crippen LogP) is 9.49. The van der Waals surface area contributed by atoms with E-state index in [9.17, 15) is 0 Å². The number of azo groups is 4. The van der Waals surface area contributed by atoms with Crippen LogP contribution in [0.25, 0.3) is 10.8 Å². The van der Waals surface area contributed by atoms with E-state index >= 15 is 0 Å². The summed E-state index contributed by atoms with van der Waals surface area (Å²) in [7, 11) is 2.16. The molecule has 0 amide bonds. The van der Waals surface area contributed by atoms with Crippen LogP contribution in [0.3, 0.4) is 0 Å². The number of fused-ring (bicyclic) bond motifs is 3. The molecule has 5 aromatic rings. The van der Waals surface area contributed by atoms with Crippen LogP contribution in [-0.4, -0.2) is 21.6 Å². The maximum absolute atomic E-state index is 5.45. The van der Waals surface area contributed by atoms with Crippen molar-refractivity contribution in [2.45, 2.75) is 30.8 Å². The molecule has 0 aromatic heterocycles. The van der Waals surface area contributed by atoms with Crippen molar-refractivity contribution in [3.05, 3.63) is 120 Å². The van der Waals surface area contributed by atoms with Crippen LogP contribution in [0.2, 0.25) is 0 Å². The van der Waals surface area contributed by atoms with Crippen molar-refractivity contribution in [1.82, 2.24) is 0 Å². The number of hydrogen-bond acceptors (Lipinski definition) is 4. The summed E-state index contributed by atoms with van der Waals surface area (Å²) in [6.45, 7) is 6.43. The van der Waals surface area contributed by atoms with Gasteiger partial charge in [-0.25, -0.2) is 4.90 Å². The van der Waals surface area contributed by atoms with E-state index in [0.29, 0.717) is 0 Å². The second-order valence-corrected chi connectivity index (χ2v) is 11.5. The summed E-state index contributed by atoms with van der Waals surface area (Å²) in [5.74, 6) is 0. The number of rotatable bonds is 2. The molecule has 0 bridgehead atoms. The van der Waals surface area contributed by atoms with Crippen molar-refractivity contribution in [2.75, 3.05) is 11.9 Å². The molecule has 0 fully saturated rings. The molecule has 39 heavy (non-hydrogen) atoms. The minimum Gasteiger partial charge on any atom is -0.239 e. The zero-order chi connectivity index (χ0) is 26.7. The summed E-state index contributed by atoms with van der Waals surface area (Å²) in [4.78, 5) is 3.50. The highest BCUT2D eigenvalue weighted by Crippen LogP contribution is 2.56. The summed E-state index contributed by atoms with van der Waals surface area (Å²) in [5, 5.41) is 12.3. The Bertz CT molecular complexity index is 1840. The highest BCUT2D eigenvalue weighted by Gasteiger charge is 2.68. The molecule has 1 spiro atoms. The molecule has 0 N–H and O–H groups in total. The van der Waals surface area contributed by atoms with Gasteiger partial charge in [0.1, 0.15) is 5.69 Å². The molecule has 2 aliphatic heterocycles. The standard InChI is InChI=1S/C33H29N5S/c1-22-17-18-31-28(20-22)34-37(26-13-6-5-7-14-26)33(36(31)4)38(30-16-10-12-25-11-8-9-15-27(25)30)35-29-21-23(2)19-24(3)32(29)39-33/h5-21H,1-4H3/q+2/t33-/m0/s1. The molecule has 0 radical (unpaired) electrons. The van der Waals surface area contributed by atoms with Gasteiger partial charge in [-0.2, -0.15) is 0 Å². The summed E-state index contributed by atoms with van der Waals surface area (Å²) >= 11 is 1.80. The van der Waals surface area contributed by atoms with E-state index in [0.717, 1.165) is 38.7 Å². The topological polar surface area (TPSA) is 34.0 Å². The zero-order valence-corrected chi connectivity index (χ0v) is 23.3.